The van der Waals surface area contributed by atoms with Crippen LogP contribution in [0.3, 0.4) is 0 Å². The van der Waals surface area contributed by atoms with Crippen LogP contribution in [0, 0.1) is 0 Å². The highest BCUT2D eigenvalue weighted by Crippen LogP contribution is 2.24. The quantitative estimate of drug-likeness (QED) is 0.790. The van der Waals surface area contributed by atoms with E-state index in [1.807, 2.05) is 0 Å². The summed E-state index contributed by atoms with van der Waals surface area (Å²) in [6, 6.07) is 7.96. The van der Waals surface area contributed by atoms with Gasteiger partial charge in [0, 0.05) is 16.2 Å². The number of hydrogen-bond donors (Lipinski definition) is 0. The van der Waals surface area contributed by atoms with Crippen LogP contribution in [0.2, 0.25) is 0 Å². The Bertz CT molecular complexity index is 626. The molecule has 0 bridgehead atoms. The van der Waals surface area contributed by atoms with Crippen molar-refractivity contribution in [1.82, 2.24) is 4.98 Å². The van der Waals surface area contributed by atoms with Crippen LogP contribution in [0.1, 0.15) is 16.1 Å². The van der Waals surface area contributed by atoms with Gasteiger partial charge in [-0.05, 0) is 40.2 Å². The van der Waals surface area contributed by atoms with Crippen molar-refractivity contribution in [2.24, 2.45) is 0 Å². The first-order valence-corrected chi connectivity index (χ1v) is 6.16. The van der Waals surface area contributed by atoms with Gasteiger partial charge in [-0.25, -0.2) is 0 Å². The molecule has 0 N–H and O–H groups in total. The maximum atomic E-state index is 12.1. The second-order valence-electron chi connectivity index (χ2n) is 3.77. The van der Waals surface area contributed by atoms with Gasteiger partial charge in [0.2, 0.25) is 5.78 Å². The molecule has 0 unspecified atom stereocenters. The highest BCUT2D eigenvalue weighted by atomic mass is 79.9. The number of halogens is 4. The predicted molar refractivity (Wildman–Crippen MR) is 68.5 cm³/mol. The maximum Gasteiger partial charge on any atom is 0.573 e. The Hall–Kier alpha value is -1.89. The average Bonchev–Trinajstić information content (AvgIpc) is 2.37. The molecule has 0 fully saturated rings. The number of aromatic nitrogens is 1. The summed E-state index contributed by atoms with van der Waals surface area (Å²) >= 11 is 3.18. The van der Waals surface area contributed by atoms with Crippen LogP contribution in [0.4, 0.5) is 13.2 Å². The van der Waals surface area contributed by atoms with Crippen LogP contribution in [0.25, 0.3) is 0 Å². The molecule has 0 spiro atoms. The van der Waals surface area contributed by atoms with Crippen molar-refractivity contribution in [3.63, 3.8) is 0 Å². The number of carbonyl (C=O) groups excluding carboxylic acids is 1. The fourth-order valence-electron chi connectivity index (χ4n) is 1.49. The molecule has 0 amide bonds. The Labute approximate surface area is 120 Å². The summed E-state index contributed by atoms with van der Waals surface area (Å²) < 4.78 is 40.8. The summed E-state index contributed by atoms with van der Waals surface area (Å²) in [5.74, 6) is -0.925. The van der Waals surface area contributed by atoms with Crippen molar-refractivity contribution >= 4 is 21.7 Å². The van der Waals surface area contributed by atoms with Crippen LogP contribution in [-0.2, 0) is 0 Å². The molecule has 0 saturated carbocycles. The molecule has 7 heteroatoms. The van der Waals surface area contributed by atoms with Gasteiger partial charge < -0.3 is 4.74 Å². The molecule has 2 aromatic rings. The van der Waals surface area contributed by atoms with E-state index in [9.17, 15) is 18.0 Å². The Morgan fingerprint density at radius 2 is 1.95 bits per heavy atom. The van der Waals surface area contributed by atoms with Crippen molar-refractivity contribution in [3.05, 3.63) is 58.3 Å². The zero-order valence-corrected chi connectivity index (χ0v) is 11.4. The number of hydrogen-bond acceptors (Lipinski definition) is 3. The van der Waals surface area contributed by atoms with E-state index in [2.05, 4.69) is 25.7 Å². The Morgan fingerprint density at radius 3 is 2.55 bits per heavy atom. The van der Waals surface area contributed by atoms with Gasteiger partial charge in [-0.1, -0.05) is 12.1 Å². The van der Waals surface area contributed by atoms with Crippen molar-refractivity contribution in [1.29, 1.82) is 0 Å². The second kappa shape index (κ2) is 5.62. The topological polar surface area (TPSA) is 39.2 Å². The zero-order valence-electron chi connectivity index (χ0n) is 9.82. The third-order valence-electron chi connectivity index (χ3n) is 2.29. The number of pyridine rings is 1. The molecule has 0 aliphatic carbocycles. The lowest BCUT2D eigenvalue weighted by Gasteiger charge is -2.09. The Kier molecular flexibility index (Phi) is 4.08. The van der Waals surface area contributed by atoms with Crippen LogP contribution < -0.4 is 4.74 Å². The standard InChI is InChI=1S/C13H7BrF3NO2/c14-9-4-5-11(18-7-9)12(19)8-2-1-3-10(6-8)20-13(15,16)17/h1-7H. The van der Waals surface area contributed by atoms with Crippen LogP contribution >= 0.6 is 15.9 Å². The molecule has 3 nitrogen and oxygen atoms in total. The molecule has 20 heavy (non-hydrogen) atoms. The molecular weight excluding hydrogens is 339 g/mol. The largest absolute Gasteiger partial charge is 0.573 e. The minimum Gasteiger partial charge on any atom is -0.406 e. The monoisotopic (exact) mass is 345 g/mol. The Morgan fingerprint density at radius 1 is 1.20 bits per heavy atom. The van der Waals surface area contributed by atoms with Crippen molar-refractivity contribution in [2.45, 2.75) is 6.36 Å². The van der Waals surface area contributed by atoms with Crippen LogP contribution in [0.5, 0.6) is 5.75 Å². The number of alkyl halides is 3. The van der Waals surface area contributed by atoms with Gasteiger partial charge in [0.1, 0.15) is 11.4 Å². The lowest BCUT2D eigenvalue weighted by atomic mass is 10.1. The summed E-state index contributed by atoms with van der Waals surface area (Å²) in [6.07, 6.45) is -3.36. The third kappa shape index (κ3) is 3.80. The number of nitrogens with zero attached hydrogens (tertiary/aromatic N) is 1. The predicted octanol–water partition coefficient (Wildman–Crippen LogP) is 3.97. The highest BCUT2D eigenvalue weighted by Gasteiger charge is 2.31. The molecule has 0 radical (unpaired) electrons. The van der Waals surface area contributed by atoms with Crippen molar-refractivity contribution in [2.75, 3.05) is 0 Å². The van der Waals surface area contributed by atoms with Gasteiger partial charge in [-0.3, -0.25) is 9.78 Å². The first-order chi connectivity index (χ1) is 9.35. The first-order valence-electron chi connectivity index (χ1n) is 5.37. The fourth-order valence-corrected chi connectivity index (χ4v) is 1.73. The molecule has 0 aliphatic rings. The molecule has 1 aromatic carbocycles. The van der Waals surface area contributed by atoms with Crippen molar-refractivity contribution < 1.29 is 22.7 Å². The molecule has 2 rings (SSSR count). The summed E-state index contributed by atoms with van der Waals surface area (Å²) in [4.78, 5) is 16.0. The SMILES string of the molecule is O=C(c1cccc(OC(F)(F)F)c1)c1ccc(Br)cn1. The fraction of sp³-hybridized carbons (Fsp3) is 0.0769. The van der Waals surface area contributed by atoms with E-state index in [1.165, 1.54) is 24.4 Å². The zero-order chi connectivity index (χ0) is 14.8. The molecule has 0 atom stereocenters. The number of ketones is 1. The minimum atomic E-state index is -4.79. The molecule has 0 saturated heterocycles. The third-order valence-corrected chi connectivity index (χ3v) is 2.76. The normalized spacial score (nSPS) is 11.2. The average molecular weight is 346 g/mol. The van der Waals surface area contributed by atoms with Gasteiger partial charge in [-0.15, -0.1) is 13.2 Å². The van der Waals surface area contributed by atoms with E-state index in [4.69, 9.17) is 0 Å². The van der Waals surface area contributed by atoms with Crippen molar-refractivity contribution in [3.8, 4) is 5.75 Å². The Balaban J connectivity index is 2.26. The first kappa shape index (κ1) is 14.5. The van der Waals surface area contributed by atoms with Gasteiger partial charge in [0.15, 0.2) is 0 Å². The van der Waals surface area contributed by atoms with E-state index in [0.717, 1.165) is 12.1 Å². The minimum absolute atomic E-state index is 0.0709. The smallest absolute Gasteiger partial charge is 0.406 e. The lowest BCUT2D eigenvalue weighted by Crippen LogP contribution is -2.17. The van der Waals surface area contributed by atoms with E-state index >= 15 is 0 Å². The number of ether oxygens (including phenoxy) is 1. The van der Waals surface area contributed by atoms with E-state index in [-0.39, 0.29) is 11.3 Å². The van der Waals surface area contributed by atoms with Gasteiger partial charge in [-0.2, -0.15) is 0 Å². The lowest BCUT2D eigenvalue weighted by molar-refractivity contribution is -0.274. The second-order valence-corrected chi connectivity index (χ2v) is 4.68. The van der Waals surface area contributed by atoms with Gasteiger partial charge in [0.05, 0.1) is 0 Å². The number of carbonyl (C=O) groups is 1. The molecule has 0 aliphatic heterocycles. The van der Waals surface area contributed by atoms with E-state index in [1.54, 1.807) is 6.07 Å². The summed E-state index contributed by atoms with van der Waals surface area (Å²) in [5.41, 5.74) is 0.207. The maximum absolute atomic E-state index is 12.1. The van der Waals surface area contributed by atoms with E-state index in [0.29, 0.717) is 4.47 Å². The number of rotatable bonds is 3. The summed E-state index contributed by atoms with van der Waals surface area (Å²) in [6.45, 7) is 0. The van der Waals surface area contributed by atoms with Crippen LogP contribution in [0.15, 0.2) is 47.1 Å². The summed E-state index contributed by atoms with van der Waals surface area (Å²) in [7, 11) is 0. The van der Waals surface area contributed by atoms with Gasteiger partial charge >= 0.3 is 6.36 Å². The molecule has 104 valence electrons. The summed E-state index contributed by atoms with van der Waals surface area (Å²) in [5, 5.41) is 0. The number of benzene rings is 1. The molecule has 1 aromatic heterocycles. The molecular formula is C13H7BrF3NO2. The van der Waals surface area contributed by atoms with Crippen LogP contribution in [-0.4, -0.2) is 17.1 Å². The molecule has 1 heterocycles. The van der Waals surface area contributed by atoms with Gasteiger partial charge in [0.25, 0.3) is 0 Å². The highest BCUT2D eigenvalue weighted by molar-refractivity contribution is 9.10. The van der Waals surface area contributed by atoms with E-state index < -0.39 is 17.9 Å².